The van der Waals surface area contributed by atoms with Crippen LogP contribution in [0.1, 0.15) is 66.2 Å². The van der Waals surface area contributed by atoms with Gasteiger partial charge in [0.1, 0.15) is 5.78 Å². The van der Waals surface area contributed by atoms with Crippen LogP contribution >= 0.6 is 0 Å². The lowest BCUT2D eigenvalue weighted by atomic mass is 9.57. The second kappa shape index (κ2) is 8.61. The maximum atomic E-state index is 12.4. The van der Waals surface area contributed by atoms with Crippen molar-refractivity contribution < 1.29 is 9.22 Å². The van der Waals surface area contributed by atoms with Crippen LogP contribution in [0.15, 0.2) is 36.0 Å². The minimum Gasteiger partial charge on any atom is -0.409 e. The van der Waals surface area contributed by atoms with Crippen molar-refractivity contribution in [1.82, 2.24) is 0 Å². The van der Waals surface area contributed by atoms with Crippen LogP contribution in [0, 0.1) is 17.3 Å². The van der Waals surface area contributed by atoms with Crippen molar-refractivity contribution in [2.24, 2.45) is 17.3 Å². The van der Waals surface area contributed by atoms with E-state index in [0.717, 1.165) is 32.1 Å². The van der Waals surface area contributed by atoms with Gasteiger partial charge in [-0.05, 0) is 76.9 Å². The number of Topliss-reactive ketones (excluding diaryl/α,β-unsaturated/α-hetero) is 1. The summed E-state index contributed by atoms with van der Waals surface area (Å²) in [5.41, 5.74) is 1.42. The number of allylic oxidation sites excluding steroid dienone is 5. The van der Waals surface area contributed by atoms with Crippen LogP contribution in [0.2, 0.25) is 19.6 Å². The summed E-state index contributed by atoms with van der Waals surface area (Å²) in [4.78, 5) is 12.4. The second-order valence-electron chi connectivity index (χ2n) is 10.3. The molecule has 0 radical (unpaired) electrons. The number of carbonyl (C=O) groups is 1. The van der Waals surface area contributed by atoms with Crippen LogP contribution in [0.3, 0.4) is 0 Å². The molecule has 27 heavy (non-hydrogen) atoms. The molecule has 2 aliphatic carbocycles. The molecule has 0 bridgehead atoms. The highest BCUT2D eigenvalue weighted by Crippen LogP contribution is 2.52. The van der Waals surface area contributed by atoms with Crippen LogP contribution < -0.4 is 0 Å². The van der Waals surface area contributed by atoms with Gasteiger partial charge in [-0.25, -0.2) is 0 Å². The molecule has 1 saturated carbocycles. The van der Waals surface area contributed by atoms with Crippen LogP contribution in [0.5, 0.6) is 0 Å². The maximum absolute atomic E-state index is 12.4. The zero-order valence-electron chi connectivity index (χ0n) is 18.6. The van der Waals surface area contributed by atoms with Crippen molar-refractivity contribution in [2.75, 3.05) is 0 Å². The minimum absolute atomic E-state index is 0.101. The van der Waals surface area contributed by atoms with Crippen LogP contribution in [-0.2, 0) is 9.22 Å². The molecule has 0 unspecified atom stereocenters. The van der Waals surface area contributed by atoms with Crippen LogP contribution in [-0.4, -0.2) is 19.7 Å². The van der Waals surface area contributed by atoms with E-state index >= 15 is 0 Å². The lowest BCUT2D eigenvalue weighted by molar-refractivity contribution is -0.129. The van der Waals surface area contributed by atoms with Crippen molar-refractivity contribution in [1.29, 1.82) is 0 Å². The molecule has 0 aromatic carbocycles. The van der Waals surface area contributed by atoms with Crippen LogP contribution in [0.4, 0.5) is 0 Å². The van der Waals surface area contributed by atoms with E-state index in [-0.39, 0.29) is 16.9 Å². The fourth-order valence-corrected chi connectivity index (χ4v) is 6.81. The molecule has 1 fully saturated rings. The molecule has 0 aromatic rings. The predicted octanol–water partition coefficient (Wildman–Crippen LogP) is 6.85. The average molecular weight is 389 g/mol. The Bertz CT molecular complexity index is 621. The van der Waals surface area contributed by atoms with Crippen molar-refractivity contribution in [2.45, 2.75) is 91.5 Å². The largest absolute Gasteiger partial charge is 0.409 e. The number of hydrogen-bond donors (Lipinski definition) is 0. The molecule has 2 aliphatic rings. The van der Waals surface area contributed by atoms with E-state index in [0.29, 0.717) is 11.7 Å². The lowest BCUT2D eigenvalue weighted by Gasteiger charge is -2.47. The lowest BCUT2D eigenvalue weighted by Crippen LogP contribution is -2.42. The number of ketones is 1. The summed E-state index contributed by atoms with van der Waals surface area (Å²) < 4.78 is 6.21. The van der Waals surface area contributed by atoms with Gasteiger partial charge in [-0.15, -0.1) is 0 Å². The molecule has 152 valence electrons. The van der Waals surface area contributed by atoms with Gasteiger partial charge >= 0.3 is 0 Å². The van der Waals surface area contributed by atoms with Gasteiger partial charge < -0.3 is 4.43 Å². The Morgan fingerprint density at radius 1 is 1.33 bits per heavy atom. The van der Waals surface area contributed by atoms with Gasteiger partial charge in [-0.1, -0.05) is 49.8 Å². The van der Waals surface area contributed by atoms with E-state index in [1.165, 1.54) is 12.0 Å². The highest BCUT2D eigenvalue weighted by molar-refractivity contribution is 6.69. The summed E-state index contributed by atoms with van der Waals surface area (Å²) >= 11 is 0. The van der Waals surface area contributed by atoms with Gasteiger partial charge in [-0.3, -0.25) is 4.79 Å². The van der Waals surface area contributed by atoms with Crippen molar-refractivity contribution in [3.63, 3.8) is 0 Å². The highest BCUT2D eigenvalue weighted by atomic mass is 28.4. The number of fused-ring (bicyclic) bond motifs is 1. The summed E-state index contributed by atoms with van der Waals surface area (Å²) in [7, 11) is -1.54. The molecule has 3 atom stereocenters. The Balaban J connectivity index is 1.96. The standard InChI is InChI=1S/C24H40O2Si/c1-19(13-9-8-10-17-23(2,3)26-27(5,6)7)20-14-11-15-21-22(25)16-12-18-24(20,21)4/h8-10,14,17,19,21H,11-13,15-16,18H2,1-7H3/t19-,21+,24-/m1/s1. The van der Waals surface area contributed by atoms with Gasteiger partial charge in [0.25, 0.3) is 0 Å². The molecule has 2 rings (SSSR count). The van der Waals surface area contributed by atoms with E-state index in [1.807, 2.05) is 0 Å². The number of rotatable bonds is 7. The first kappa shape index (κ1) is 22.4. The first-order valence-corrected chi connectivity index (χ1v) is 14.1. The van der Waals surface area contributed by atoms with Gasteiger partial charge in [0.05, 0.1) is 5.60 Å². The zero-order valence-corrected chi connectivity index (χ0v) is 19.6. The smallest absolute Gasteiger partial charge is 0.184 e. The molecule has 0 saturated heterocycles. The zero-order chi connectivity index (χ0) is 20.3. The molecule has 0 heterocycles. The van der Waals surface area contributed by atoms with E-state index in [9.17, 15) is 4.79 Å². The Hall–Kier alpha value is -0.933. The second-order valence-corrected chi connectivity index (χ2v) is 14.7. The SMILES string of the molecule is C[C@H](CC=CC=CC(C)(C)O[Si](C)(C)C)C1=CCC[C@H]2C(=O)CCC[C@]12C. The summed E-state index contributed by atoms with van der Waals surface area (Å²) in [5.74, 6) is 1.27. The third kappa shape index (κ3) is 6.02. The molecular weight excluding hydrogens is 348 g/mol. The summed E-state index contributed by atoms with van der Waals surface area (Å²) in [6, 6.07) is 0. The molecule has 3 heteroatoms. The molecule has 0 amide bonds. The van der Waals surface area contributed by atoms with Gasteiger partial charge in [0, 0.05) is 12.3 Å². The van der Waals surface area contributed by atoms with Crippen molar-refractivity contribution in [3.8, 4) is 0 Å². The Morgan fingerprint density at radius 3 is 2.70 bits per heavy atom. The Morgan fingerprint density at radius 2 is 2.04 bits per heavy atom. The normalized spacial score (nSPS) is 28.5. The number of hydrogen-bond acceptors (Lipinski definition) is 2. The van der Waals surface area contributed by atoms with Crippen molar-refractivity contribution in [3.05, 3.63) is 36.0 Å². The average Bonchev–Trinajstić information content (AvgIpc) is 2.51. The van der Waals surface area contributed by atoms with E-state index < -0.39 is 8.32 Å². The first-order chi connectivity index (χ1) is 12.4. The minimum atomic E-state index is -1.54. The monoisotopic (exact) mass is 388 g/mol. The van der Waals surface area contributed by atoms with Crippen molar-refractivity contribution >= 4 is 14.1 Å². The molecule has 0 aliphatic heterocycles. The summed E-state index contributed by atoms with van der Waals surface area (Å²) in [5, 5.41) is 0. The summed E-state index contributed by atoms with van der Waals surface area (Å²) in [6.45, 7) is 15.6. The predicted molar refractivity (Wildman–Crippen MR) is 118 cm³/mol. The third-order valence-corrected chi connectivity index (χ3v) is 7.23. The molecule has 0 spiro atoms. The fraction of sp³-hybridized carbons (Fsp3) is 0.708. The van der Waals surface area contributed by atoms with E-state index in [4.69, 9.17) is 4.43 Å². The Labute approximate surface area is 168 Å². The summed E-state index contributed by atoms with van der Waals surface area (Å²) in [6.07, 6.45) is 17.3. The highest BCUT2D eigenvalue weighted by Gasteiger charge is 2.46. The van der Waals surface area contributed by atoms with Gasteiger partial charge in [0.2, 0.25) is 0 Å². The molecule has 0 N–H and O–H groups in total. The Kier molecular flexibility index (Phi) is 7.13. The fourth-order valence-electron chi connectivity index (χ4n) is 5.16. The number of carbonyl (C=O) groups excluding carboxylic acids is 1. The maximum Gasteiger partial charge on any atom is 0.184 e. The van der Waals surface area contributed by atoms with Gasteiger partial charge in [0.15, 0.2) is 8.32 Å². The van der Waals surface area contributed by atoms with E-state index in [2.05, 4.69) is 77.7 Å². The topological polar surface area (TPSA) is 26.3 Å². The third-order valence-electron chi connectivity index (χ3n) is 6.09. The molecule has 2 nitrogen and oxygen atoms in total. The van der Waals surface area contributed by atoms with Crippen LogP contribution in [0.25, 0.3) is 0 Å². The van der Waals surface area contributed by atoms with E-state index in [1.54, 1.807) is 0 Å². The first-order valence-electron chi connectivity index (χ1n) is 10.7. The van der Waals surface area contributed by atoms with Gasteiger partial charge in [-0.2, -0.15) is 0 Å². The quantitative estimate of drug-likeness (QED) is 0.271. The molecule has 0 aromatic heterocycles. The molecular formula is C24H40O2Si.